The van der Waals surface area contributed by atoms with Gasteiger partial charge in [0, 0.05) is 62.4 Å². The van der Waals surface area contributed by atoms with Gasteiger partial charge in [-0.2, -0.15) is 10.2 Å². The molecule has 0 radical (unpaired) electrons. The first-order valence-corrected chi connectivity index (χ1v) is 13.0. The van der Waals surface area contributed by atoms with Gasteiger partial charge in [0.15, 0.2) is 0 Å². The van der Waals surface area contributed by atoms with Gasteiger partial charge in [0.05, 0.1) is 34.1 Å². The molecule has 36 heavy (non-hydrogen) atoms. The van der Waals surface area contributed by atoms with E-state index in [9.17, 15) is 9.59 Å². The molecular weight excluding hydrogens is 476 g/mol. The number of hydrogen-bond donors (Lipinski definition) is 2. The van der Waals surface area contributed by atoms with Gasteiger partial charge in [0.25, 0.3) is 11.8 Å². The summed E-state index contributed by atoms with van der Waals surface area (Å²) >= 11 is 1.42. The van der Waals surface area contributed by atoms with Gasteiger partial charge in [-0.15, -0.1) is 11.3 Å². The largest absolute Gasteiger partial charge is 0.365 e. The number of carbonyl (C=O) groups is 2. The number of hydrogen-bond acceptors (Lipinski definition) is 7. The van der Waals surface area contributed by atoms with Crippen LogP contribution >= 0.6 is 11.3 Å². The van der Waals surface area contributed by atoms with E-state index in [4.69, 9.17) is 5.73 Å². The number of aryl methyl sites for hydroxylation is 2. The van der Waals surface area contributed by atoms with Crippen LogP contribution in [-0.2, 0) is 7.05 Å². The highest BCUT2D eigenvalue weighted by Gasteiger charge is 2.36. The lowest BCUT2D eigenvalue weighted by Gasteiger charge is -2.47. The number of carbonyl (C=O) groups excluding carboxylic acids is 2. The lowest BCUT2D eigenvalue weighted by molar-refractivity contribution is 0.0284. The Labute approximate surface area is 212 Å². The van der Waals surface area contributed by atoms with Crippen molar-refractivity contribution in [1.29, 1.82) is 0 Å². The summed E-state index contributed by atoms with van der Waals surface area (Å²) in [6.45, 7) is 5.65. The smallest absolute Gasteiger partial charge is 0.253 e. The summed E-state index contributed by atoms with van der Waals surface area (Å²) in [6, 6.07) is 1.85. The number of piperidine rings is 2. The summed E-state index contributed by atoms with van der Waals surface area (Å²) in [6.07, 6.45) is 9.50. The molecule has 0 spiro atoms. The average Bonchev–Trinajstić information content (AvgIpc) is 3.53. The first-order valence-electron chi connectivity index (χ1n) is 12.1. The Morgan fingerprint density at radius 3 is 2.64 bits per heavy atom. The lowest BCUT2D eigenvalue weighted by Crippen LogP contribution is -2.50. The van der Waals surface area contributed by atoms with Crippen molar-refractivity contribution in [2.24, 2.45) is 24.6 Å². The number of pyridine rings is 1. The van der Waals surface area contributed by atoms with Crippen molar-refractivity contribution in [3.05, 3.63) is 47.7 Å². The Kier molecular flexibility index (Phi) is 5.60. The predicted molar refractivity (Wildman–Crippen MR) is 137 cm³/mol. The van der Waals surface area contributed by atoms with Crippen molar-refractivity contribution in [2.45, 2.75) is 19.8 Å². The third-order valence-electron chi connectivity index (χ3n) is 7.27. The molecule has 11 heteroatoms. The van der Waals surface area contributed by atoms with Crippen LogP contribution in [0.5, 0.6) is 0 Å². The number of nitrogens with one attached hydrogen (secondary N) is 1. The molecule has 2 amide bonds. The van der Waals surface area contributed by atoms with E-state index in [0.29, 0.717) is 22.5 Å². The molecule has 4 aromatic heterocycles. The average molecular weight is 505 g/mol. The Morgan fingerprint density at radius 2 is 1.94 bits per heavy atom. The molecule has 3 N–H and O–H groups in total. The molecule has 0 unspecified atom stereocenters. The Morgan fingerprint density at radius 1 is 1.17 bits per heavy atom. The number of primary amides is 1. The van der Waals surface area contributed by atoms with E-state index < -0.39 is 5.91 Å². The van der Waals surface area contributed by atoms with E-state index in [1.54, 1.807) is 21.6 Å². The minimum Gasteiger partial charge on any atom is -0.365 e. The van der Waals surface area contributed by atoms with Gasteiger partial charge in [0.2, 0.25) is 0 Å². The van der Waals surface area contributed by atoms with Crippen LogP contribution in [0.1, 0.15) is 39.3 Å². The van der Waals surface area contributed by atoms with Crippen molar-refractivity contribution in [3.8, 4) is 21.7 Å². The summed E-state index contributed by atoms with van der Waals surface area (Å²) in [5.41, 5.74) is 9.58. The molecule has 7 rings (SSSR count). The second kappa shape index (κ2) is 8.82. The predicted octanol–water partition coefficient (Wildman–Crippen LogP) is 2.34. The molecular formula is C25H28N8O2S. The first kappa shape index (κ1) is 22.9. The van der Waals surface area contributed by atoms with Crippen LogP contribution in [0.15, 0.2) is 30.9 Å². The maximum Gasteiger partial charge on any atom is 0.253 e. The quantitative estimate of drug-likeness (QED) is 0.398. The second-order valence-electron chi connectivity index (χ2n) is 9.90. The molecule has 186 valence electrons. The maximum atomic E-state index is 13.0. The summed E-state index contributed by atoms with van der Waals surface area (Å²) in [5, 5.41) is 11.8. The zero-order chi connectivity index (χ0) is 25.0. The van der Waals surface area contributed by atoms with Crippen LogP contribution in [0.3, 0.4) is 0 Å². The summed E-state index contributed by atoms with van der Waals surface area (Å²) < 4.78 is 3.43. The third kappa shape index (κ3) is 3.97. The number of thiazole rings is 1. The fraction of sp³-hybridized carbons (Fsp3) is 0.400. The van der Waals surface area contributed by atoms with E-state index in [-0.39, 0.29) is 5.91 Å². The zero-order valence-corrected chi connectivity index (χ0v) is 21.1. The van der Waals surface area contributed by atoms with Crippen molar-refractivity contribution in [3.63, 3.8) is 0 Å². The lowest BCUT2D eigenvalue weighted by atomic mass is 9.71. The molecule has 2 bridgehead atoms. The van der Waals surface area contributed by atoms with Crippen LogP contribution in [0.25, 0.3) is 26.5 Å². The highest BCUT2D eigenvalue weighted by atomic mass is 32.1. The van der Waals surface area contributed by atoms with Gasteiger partial charge in [-0.1, -0.05) is 0 Å². The maximum absolute atomic E-state index is 13.0. The summed E-state index contributed by atoms with van der Waals surface area (Å²) in [5.74, 6) is 0.998. The van der Waals surface area contributed by atoms with Gasteiger partial charge in [0.1, 0.15) is 4.83 Å². The van der Waals surface area contributed by atoms with Gasteiger partial charge in [-0.25, -0.2) is 4.52 Å². The number of amides is 2. The van der Waals surface area contributed by atoms with Crippen molar-refractivity contribution in [1.82, 2.24) is 34.6 Å². The van der Waals surface area contributed by atoms with Crippen LogP contribution in [0, 0.1) is 18.8 Å². The molecule has 3 fully saturated rings. The number of aromatic nitrogens is 5. The second-order valence-corrected chi connectivity index (χ2v) is 10.9. The van der Waals surface area contributed by atoms with E-state index in [0.717, 1.165) is 58.9 Å². The van der Waals surface area contributed by atoms with Crippen LogP contribution in [0.2, 0.25) is 0 Å². The third-order valence-corrected chi connectivity index (χ3v) is 8.49. The van der Waals surface area contributed by atoms with Gasteiger partial charge >= 0.3 is 0 Å². The van der Waals surface area contributed by atoms with E-state index in [1.165, 1.54) is 30.4 Å². The molecule has 4 aromatic rings. The minimum absolute atomic E-state index is 0.154. The van der Waals surface area contributed by atoms with Gasteiger partial charge in [-0.3, -0.25) is 19.3 Å². The number of nitrogens with two attached hydrogens (primary N) is 1. The van der Waals surface area contributed by atoms with Crippen molar-refractivity contribution >= 4 is 28.0 Å². The normalized spacial score (nSPS) is 19.4. The molecule has 1 saturated carbocycles. The SMILES string of the molecule is Cc1ncc(C(=O)NCCN2CC3CC(C3)C2)cc1-c1c(-c2cnn(C)c2)sc2c(C(N)=O)cnn12. The van der Waals surface area contributed by atoms with Crippen LogP contribution in [0.4, 0.5) is 0 Å². The standard InChI is InChI=1S/C25H28N8O2S/c1-14-19(7-17(8-28-14)24(35)27-3-4-32-11-15-5-16(6-15)12-32)21-22(18-9-29-31(2)13-18)36-25-20(23(26)34)10-30-33(21)25/h7-10,13,15-16H,3-6,11-12H2,1-2H3,(H2,26,34)(H,27,35). The highest BCUT2D eigenvalue weighted by molar-refractivity contribution is 7.21. The monoisotopic (exact) mass is 504 g/mol. The van der Waals surface area contributed by atoms with E-state index in [1.807, 2.05) is 26.2 Å². The van der Waals surface area contributed by atoms with Gasteiger partial charge < -0.3 is 16.0 Å². The number of rotatable bonds is 7. The van der Waals surface area contributed by atoms with E-state index in [2.05, 4.69) is 25.4 Å². The van der Waals surface area contributed by atoms with Crippen molar-refractivity contribution < 1.29 is 9.59 Å². The molecule has 0 aromatic carbocycles. The molecule has 6 heterocycles. The topological polar surface area (TPSA) is 123 Å². The van der Waals surface area contributed by atoms with Crippen LogP contribution < -0.4 is 11.1 Å². The fourth-order valence-corrected chi connectivity index (χ4v) is 6.66. The molecule has 3 aliphatic rings. The summed E-state index contributed by atoms with van der Waals surface area (Å²) in [4.78, 5) is 33.6. The molecule has 2 aliphatic heterocycles. The van der Waals surface area contributed by atoms with Crippen molar-refractivity contribution in [2.75, 3.05) is 26.2 Å². The molecule has 1 aliphatic carbocycles. The Bertz CT molecular complexity index is 1470. The molecule has 2 saturated heterocycles. The minimum atomic E-state index is -0.537. The highest BCUT2D eigenvalue weighted by Crippen LogP contribution is 2.41. The number of fused-ring (bicyclic) bond motifs is 3. The Hall–Kier alpha value is -3.57. The van der Waals surface area contributed by atoms with E-state index >= 15 is 0 Å². The van der Waals surface area contributed by atoms with Gasteiger partial charge in [-0.05, 0) is 37.7 Å². The number of nitrogens with zero attached hydrogens (tertiary/aromatic N) is 6. The Balaban J connectivity index is 1.31. The molecule has 0 atom stereocenters. The summed E-state index contributed by atoms with van der Waals surface area (Å²) in [7, 11) is 1.85. The zero-order valence-electron chi connectivity index (χ0n) is 20.3. The fourth-order valence-electron chi connectivity index (χ4n) is 5.46. The first-order chi connectivity index (χ1) is 17.4. The molecule has 10 nitrogen and oxygen atoms in total. The van der Waals surface area contributed by atoms with Crippen LogP contribution in [-0.4, -0.2) is 67.3 Å².